The Morgan fingerprint density at radius 3 is 2.29 bits per heavy atom. The average Bonchev–Trinajstić information content (AvgIpc) is 2.59. The van der Waals surface area contributed by atoms with Gasteiger partial charge in [0.25, 0.3) is 0 Å². The Morgan fingerprint density at radius 2 is 1.54 bits per heavy atom. The fourth-order valence-electron chi connectivity index (χ4n) is 2.40. The Bertz CT molecular complexity index is 533. The Labute approximate surface area is 150 Å². The van der Waals surface area contributed by atoms with E-state index >= 15 is 0 Å². The topological polar surface area (TPSA) is 21.3 Å². The molecule has 0 bridgehead atoms. The molecule has 0 fully saturated rings. The fraction of sp³-hybridized carbons (Fsp3) is 0.400. The summed E-state index contributed by atoms with van der Waals surface area (Å²) in [4.78, 5) is 0. The molecular weight excluding hydrogens is 325 g/mol. The molecule has 2 nitrogen and oxygen atoms in total. The predicted molar refractivity (Wildman–Crippen MR) is 100 cm³/mol. The van der Waals surface area contributed by atoms with Crippen LogP contribution in [0.15, 0.2) is 54.6 Å². The summed E-state index contributed by atoms with van der Waals surface area (Å²) in [5.74, 6) is -0.185. The quantitative estimate of drug-likeness (QED) is 0.589. The zero-order valence-corrected chi connectivity index (χ0v) is 14.9. The molecule has 2 aromatic carbocycles. The van der Waals surface area contributed by atoms with Crippen molar-refractivity contribution in [3.8, 4) is 0 Å². The predicted octanol–water partition coefficient (Wildman–Crippen LogP) is 4.77. The van der Waals surface area contributed by atoms with Crippen LogP contribution in [-0.2, 0) is 17.7 Å². The molecule has 4 heteroatoms. The minimum atomic E-state index is -0.185. The maximum Gasteiger partial charge on any atom is 0.123 e. The van der Waals surface area contributed by atoms with Crippen molar-refractivity contribution >= 4 is 12.4 Å². The summed E-state index contributed by atoms with van der Waals surface area (Å²) in [7, 11) is 0. The molecule has 0 amide bonds. The van der Waals surface area contributed by atoms with Gasteiger partial charge in [0.1, 0.15) is 5.82 Å². The standard InChI is InChI=1S/C20H26FNO.ClH/c21-20-11-9-18(10-12-20)13-16-23-15-6-2-5-14-22-17-19-7-3-1-4-8-19;/h1,3-4,7-12,22H,2,5-6,13-17H2;1H. The van der Waals surface area contributed by atoms with Gasteiger partial charge in [0, 0.05) is 13.2 Å². The molecule has 0 aliphatic rings. The van der Waals surface area contributed by atoms with E-state index in [1.165, 1.54) is 30.5 Å². The number of nitrogens with one attached hydrogen (secondary N) is 1. The van der Waals surface area contributed by atoms with Crippen molar-refractivity contribution in [3.05, 3.63) is 71.5 Å². The van der Waals surface area contributed by atoms with E-state index in [9.17, 15) is 4.39 Å². The van der Waals surface area contributed by atoms with E-state index in [2.05, 4.69) is 29.6 Å². The van der Waals surface area contributed by atoms with Gasteiger partial charge in [0.05, 0.1) is 6.61 Å². The first-order valence-corrected chi connectivity index (χ1v) is 8.41. The van der Waals surface area contributed by atoms with Crippen LogP contribution in [0.5, 0.6) is 0 Å². The van der Waals surface area contributed by atoms with E-state index in [-0.39, 0.29) is 18.2 Å². The molecular formula is C20H27ClFNO. The highest BCUT2D eigenvalue weighted by atomic mass is 35.5. The SMILES string of the molecule is Cl.Fc1ccc(CCOCCCCCNCc2ccccc2)cc1. The maximum atomic E-state index is 12.8. The molecule has 0 radical (unpaired) electrons. The number of hydrogen-bond acceptors (Lipinski definition) is 2. The highest BCUT2D eigenvalue weighted by Crippen LogP contribution is 2.04. The summed E-state index contributed by atoms with van der Waals surface area (Å²) in [5.41, 5.74) is 2.45. The molecule has 2 aromatic rings. The second kappa shape index (κ2) is 12.9. The van der Waals surface area contributed by atoms with Crippen molar-refractivity contribution in [2.45, 2.75) is 32.2 Å². The molecule has 132 valence electrons. The summed E-state index contributed by atoms with van der Waals surface area (Å²) in [5, 5.41) is 3.46. The van der Waals surface area contributed by atoms with Crippen molar-refractivity contribution in [1.82, 2.24) is 5.32 Å². The van der Waals surface area contributed by atoms with Gasteiger partial charge in [-0.1, -0.05) is 42.5 Å². The lowest BCUT2D eigenvalue weighted by molar-refractivity contribution is 0.133. The lowest BCUT2D eigenvalue weighted by Crippen LogP contribution is -2.14. The van der Waals surface area contributed by atoms with Crippen LogP contribution in [0.4, 0.5) is 4.39 Å². The molecule has 24 heavy (non-hydrogen) atoms. The Balaban J connectivity index is 0.00000288. The van der Waals surface area contributed by atoms with Crippen LogP contribution >= 0.6 is 12.4 Å². The van der Waals surface area contributed by atoms with Crippen molar-refractivity contribution < 1.29 is 9.13 Å². The van der Waals surface area contributed by atoms with Gasteiger partial charge in [-0.15, -0.1) is 12.4 Å². The second-order valence-corrected chi connectivity index (χ2v) is 5.71. The first kappa shape index (κ1) is 20.6. The van der Waals surface area contributed by atoms with Crippen LogP contribution in [0.3, 0.4) is 0 Å². The monoisotopic (exact) mass is 351 g/mol. The number of halogens is 2. The molecule has 0 aromatic heterocycles. The second-order valence-electron chi connectivity index (χ2n) is 5.71. The molecule has 0 heterocycles. The van der Waals surface area contributed by atoms with E-state index in [0.29, 0.717) is 6.61 Å². The normalized spacial score (nSPS) is 10.4. The summed E-state index contributed by atoms with van der Waals surface area (Å²) < 4.78 is 18.4. The van der Waals surface area contributed by atoms with Gasteiger partial charge >= 0.3 is 0 Å². The molecule has 0 saturated heterocycles. The van der Waals surface area contributed by atoms with E-state index in [4.69, 9.17) is 4.74 Å². The third-order valence-electron chi connectivity index (χ3n) is 3.76. The highest BCUT2D eigenvalue weighted by molar-refractivity contribution is 5.85. The molecule has 2 rings (SSSR count). The van der Waals surface area contributed by atoms with Gasteiger partial charge in [-0.3, -0.25) is 0 Å². The molecule has 0 unspecified atom stereocenters. The number of rotatable bonds is 11. The molecule has 0 spiro atoms. The van der Waals surface area contributed by atoms with Crippen LogP contribution in [0, 0.1) is 5.82 Å². The molecule has 1 N–H and O–H groups in total. The lowest BCUT2D eigenvalue weighted by atomic mass is 10.2. The van der Waals surface area contributed by atoms with Gasteiger partial charge in [0.15, 0.2) is 0 Å². The van der Waals surface area contributed by atoms with Gasteiger partial charge in [-0.25, -0.2) is 4.39 Å². The van der Waals surface area contributed by atoms with Crippen molar-refractivity contribution in [2.24, 2.45) is 0 Å². The van der Waals surface area contributed by atoms with E-state index < -0.39 is 0 Å². The van der Waals surface area contributed by atoms with Crippen LogP contribution in [0.2, 0.25) is 0 Å². The molecule has 0 saturated carbocycles. The summed E-state index contributed by atoms with van der Waals surface area (Å²) in [6.07, 6.45) is 4.29. The Hall–Kier alpha value is -1.42. The van der Waals surface area contributed by atoms with Crippen molar-refractivity contribution in [3.63, 3.8) is 0 Å². The van der Waals surface area contributed by atoms with Crippen molar-refractivity contribution in [1.29, 1.82) is 0 Å². The lowest BCUT2D eigenvalue weighted by Gasteiger charge is -2.06. The van der Waals surface area contributed by atoms with Crippen LogP contribution < -0.4 is 5.32 Å². The van der Waals surface area contributed by atoms with Crippen molar-refractivity contribution in [2.75, 3.05) is 19.8 Å². The highest BCUT2D eigenvalue weighted by Gasteiger charge is 1.96. The number of benzene rings is 2. The summed E-state index contributed by atoms with van der Waals surface area (Å²) in [6, 6.07) is 17.1. The maximum absolute atomic E-state index is 12.8. The summed E-state index contributed by atoms with van der Waals surface area (Å²) in [6.45, 7) is 3.50. The van der Waals surface area contributed by atoms with Gasteiger partial charge in [-0.2, -0.15) is 0 Å². The first-order chi connectivity index (χ1) is 11.3. The number of hydrogen-bond donors (Lipinski definition) is 1. The number of ether oxygens (including phenoxy) is 1. The number of unbranched alkanes of at least 4 members (excludes halogenated alkanes) is 2. The van der Waals surface area contributed by atoms with Gasteiger partial charge in [0.2, 0.25) is 0 Å². The smallest absolute Gasteiger partial charge is 0.123 e. The Morgan fingerprint density at radius 1 is 0.792 bits per heavy atom. The van der Waals surface area contributed by atoms with E-state index in [0.717, 1.165) is 38.1 Å². The largest absolute Gasteiger partial charge is 0.381 e. The molecule has 0 aliphatic heterocycles. The van der Waals surface area contributed by atoms with Crippen LogP contribution in [-0.4, -0.2) is 19.8 Å². The minimum Gasteiger partial charge on any atom is -0.381 e. The summed E-state index contributed by atoms with van der Waals surface area (Å²) >= 11 is 0. The molecule has 0 aliphatic carbocycles. The first-order valence-electron chi connectivity index (χ1n) is 8.41. The fourth-order valence-corrected chi connectivity index (χ4v) is 2.40. The molecule has 0 atom stereocenters. The minimum absolute atomic E-state index is 0. The van der Waals surface area contributed by atoms with Gasteiger partial charge in [-0.05, 0) is 55.5 Å². The van der Waals surface area contributed by atoms with E-state index in [1.54, 1.807) is 0 Å². The van der Waals surface area contributed by atoms with Gasteiger partial charge < -0.3 is 10.1 Å². The zero-order chi connectivity index (χ0) is 16.2. The van der Waals surface area contributed by atoms with Crippen LogP contribution in [0.1, 0.15) is 30.4 Å². The zero-order valence-electron chi connectivity index (χ0n) is 14.0. The van der Waals surface area contributed by atoms with E-state index in [1.807, 2.05) is 18.2 Å². The Kier molecular flexibility index (Phi) is 11.1. The average molecular weight is 352 g/mol. The van der Waals surface area contributed by atoms with Crippen LogP contribution in [0.25, 0.3) is 0 Å². The third-order valence-corrected chi connectivity index (χ3v) is 3.76. The third kappa shape index (κ3) is 9.02.